The Kier molecular flexibility index (Phi) is 8.08. The summed E-state index contributed by atoms with van der Waals surface area (Å²) in [5.74, 6) is -0.961. The van der Waals surface area contributed by atoms with E-state index in [1.165, 1.54) is 12.1 Å². The molecule has 1 fully saturated rings. The van der Waals surface area contributed by atoms with Gasteiger partial charge in [0.05, 0.1) is 5.56 Å². The zero-order chi connectivity index (χ0) is 25.7. The molecule has 1 aliphatic carbocycles. The van der Waals surface area contributed by atoms with Crippen LogP contribution in [0.5, 0.6) is 0 Å². The van der Waals surface area contributed by atoms with Crippen LogP contribution in [0.4, 0.5) is 0 Å². The molecule has 2 aromatic carbocycles. The van der Waals surface area contributed by atoms with Crippen molar-refractivity contribution >= 4 is 27.7 Å². The Labute approximate surface area is 212 Å². The highest BCUT2D eigenvalue weighted by Crippen LogP contribution is 2.30. The van der Waals surface area contributed by atoms with Crippen LogP contribution in [-0.2, 0) is 26.2 Å². The van der Waals surface area contributed by atoms with E-state index in [0.29, 0.717) is 6.42 Å². The molecule has 9 heteroatoms. The van der Waals surface area contributed by atoms with Crippen molar-refractivity contribution in [3.63, 3.8) is 0 Å². The molecule has 1 aliphatic heterocycles. The minimum atomic E-state index is -3.92. The summed E-state index contributed by atoms with van der Waals surface area (Å²) in [4.78, 5) is 40.8. The van der Waals surface area contributed by atoms with Crippen molar-refractivity contribution in [1.82, 2.24) is 14.5 Å². The molecule has 0 aromatic heterocycles. The molecule has 0 spiro atoms. The van der Waals surface area contributed by atoms with Crippen LogP contribution in [0.25, 0.3) is 0 Å². The first kappa shape index (κ1) is 25.9. The molecule has 1 heterocycles. The lowest BCUT2D eigenvalue weighted by Crippen LogP contribution is -2.51. The highest BCUT2D eigenvalue weighted by molar-refractivity contribution is 7.90. The molecule has 36 heavy (non-hydrogen) atoms. The largest absolute Gasteiger partial charge is 0.352 e. The molecule has 1 atom stereocenters. The van der Waals surface area contributed by atoms with Crippen LogP contribution < -0.4 is 5.32 Å². The predicted octanol–water partition coefficient (Wildman–Crippen LogP) is 3.48. The highest BCUT2D eigenvalue weighted by Gasteiger charge is 2.40. The lowest BCUT2D eigenvalue weighted by molar-refractivity contribution is -0.141. The molecule has 8 nitrogen and oxygen atoms in total. The first-order chi connectivity index (χ1) is 17.3. The Hall–Kier alpha value is -3.20. The molecule has 3 amide bonds. The maximum absolute atomic E-state index is 13.4. The first-order valence-electron chi connectivity index (χ1n) is 12.6. The summed E-state index contributed by atoms with van der Waals surface area (Å²) in [6.45, 7) is 2.07. The molecule has 2 aromatic rings. The maximum atomic E-state index is 13.4. The van der Waals surface area contributed by atoms with Gasteiger partial charge in [0.25, 0.3) is 15.9 Å². The van der Waals surface area contributed by atoms with Crippen molar-refractivity contribution in [3.05, 3.63) is 65.7 Å². The van der Waals surface area contributed by atoms with Crippen LogP contribution in [0, 0.1) is 0 Å². The molecule has 2 aliphatic rings. The predicted molar refractivity (Wildman–Crippen MR) is 135 cm³/mol. The number of nitrogens with zero attached hydrogens (tertiary/aromatic N) is 2. The molecule has 0 radical (unpaired) electrons. The Balaban J connectivity index is 1.45. The molecule has 1 saturated carbocycles. The van der Waals surface area contributed by atoms with Crippen molar-refractivity contribution in [1.29, 1.82) is 0 Å². The molecule has 0 unspecified atom stereocenters. The number of rotatable bonds is 10. The van der Waals surface area contributed by atoms with Gasteiger partial charge in [-0.3, -0.25) is 14.4 Å². The lowest BCUT2D eigenvalue weighted by Gasteiger charge is -2.31. The van der Waals surface area contributed by atoms with E-state index in [4.69, 9.17) is 0 Å². The third kappa shape index (κ3) is 5.46. The monoisotopic (exact) mass is 511 g/mol. The van der Waals surface area contributed by atoms with Gasteiger partial charge in [-0.15, -0.1) is 0 Å². The van der Waals surface area contributed by atoms with Gasteiger partial charge in [-0.25, -0.2) is 12.7 Å². The number of sulfonamides is 1. The van der Waals surface area contributed by atoms with Crippen molar-refractivity contribution in [2.24, 2.45) is 0 Å². The zero-order valence-corrected chi connectivity index (χ0v) is 21.4. The van der Waals surface area contributed by atoms with E-state index in [9.17, 15) is 22.8 Å². The van der Waals surface area contributed by atoms with Crippen molar-refractivity contribution in [2.45, 2.75) is 75.4 Å². The van der Waals surface area contributed by atoms with Gasteiger partial charge in [0.15, 0.2) is 0 Å². The maximum Gasteiger partial charge on any atom is 0.269 e. The minimum absolute atomic E-state index is 0.00154. The lowest BCUT2D eigenvalue weighted by atomic mass is 10.1. The van der Waals surface area contributed by atoms with E-state index in [1.54, 1.807) is 17.0 Å². The van der Waals surface area contributed by atoms with Gasteiger partial charge in [-0.05, 0) is 43.4 Å². The Morgan fingerprint density at radius 1 is 1.06 bits per heavy atom. The third-order valence-corrected chi connectivity index (χ3v) is 8.79. The van der Waals surface area contributed by atoms with E-state index < -0.39 is 22.0 Å². The second-order valence-corrected chi connectivity index (χ2v) is 11.2. The molecule has 0 bridgehead atoms. The Morgan fingerprint density at radius 2 is 1.72 bits per heavy atom. The standard InChI is InChI=1S/C27H33N3O5S/c1-2-23(26(32)28-21-13-6-7-14-21)29(19-20-11-4-3-5-12-20)25(31)17-10-18-30-27(33)22-15-8-9-16-24(22)36(30,34)35/h3-5,8-9,11-12,15-16,21,23H,2,6-7,10,13-14,17-19H2,1H3,(H,28,32)/t23-/m0/s1. The average Bonchev–Trinajstić information content (AvgIpc) is 3.45. The number of hydrogen-bond acceptors (Lipinski definition) is 5. The zero-order valence-electron chi connectivity index (χ0n) is 20.6. The van der Waals surface area contributed by atoms with Gasteiger partial charge in [0, 0.05) is 25.6 Å². The van der Waals surface area contributed by atoms with Crippen LogP contribution in [0.2, 0.25) is 0 Å². The summed E-state index contributed by atoms with van der Waals surface area (Å²) in [6.07, 6.45) is 4.75. The number of fused-ring (bicyclic) bond motifs is 1. The quantitative estimate of drug-likeness (QED) is 0.526. The summed E-state index contributed by atoms with van der Waals surface area (Å²) < 4.78 is 26.5. The third-order valence-electron chi connectivity index (χ3n) is 6.95. The van der Waals surface area contributed by atoms with Crippen molar-refractivity contribution < 1.29 is 22.8 Å². The van der Waals surface area contributed by atoms with E-state index in [1.807, 2.05) is 37.3 Å². The second-order valence-electron chi connectivity index (χ2n) is 9.40. The fourth-order valence-corrected chi connectivity index (χ4v) is 6.64. The van der Waals surface area contributed by atoms with Gasteiger partial charge in [-0.1, -0.05) is 62.2 Å². The summed E-state index contributed by atoms with van der Waals surface area (Å²) >= 11 is 0. The SMILES string of the molecule is CC[C@@H](C(=O)NC1CCCC1)N(Cc1ccccc1)C(=O)CCCN1C(=O)c2ccccc2S1(=O)=O. The van der Waals surface area contributed by atoms with Crippen LogP contribution in [0.15, 0.2) is 59.5 Å². The summed E-state index contributed by atoms with van der Waals surface area (Å²) in [6, 6.07) is 15.1. The van der Waals surface area contributed by atoms with E-state index >= 15 is 0 Å². The molecule has 4 rings (SSSR count). The molecule has 192 valence electrons. The fraction of sp³-hybridized carbons (Fsp3) is 0.444. The summed E-state index contributed by atoms with van der Waals surface area (Å²) in [5.41, 5.74) is 1.06. The van der Waals surface area contributed by atoms with Crippen molar-refractivity contribution in [2.75, 3.05) is 6.54 Å². The van der Waals surface area contributed by atoms with Crippen LogP contribution in [0.1, 0.15) is 67.8 Å². The molecular weight excluding hydrogens is 478 g/mol. The molecular formula is C27H33N3O5S. The van der Waals surface area contributed by atoms with Gasteiger partial charge in [0.2, 0.25) is 11.8 Å². The number of amides is 3. The molecule has 1 N–H and O–H groups in total. The number of nitrogens with one attached hydrogen (secondary N) is 1. The van der Waals surface area contributed by atoms with E-state index in [2.05, 4.69) is 5.32 Å². The number of hydrogen-bond donors (Lipinski definition) is 1. The second kappa shape index (κ2) is 11.2. The average molecular weight is 512 g/mol. The summed E-state index contributed by atoms with van der Waals surface area (Å²) in [7, 11) is -3.92. The Bertz CT molecular complexity index is 1210. The fourth-order valence-electron chi connectivity index (χ4n) is 5.04. The minimum Gasteiger partial charge on any atom is -0.352 e. The first-order valence-corrected chi connectivity index (χ1v) is 14.1. The van der Waals surface area contributed by atoms with Crippen LogP contribution >= 0.6 is 0 Å². The number of benzene rings is 2. The smallest absolute Gasteiger partial charge is 0.269 e. The molecule has 0 saturated heterocycles. The normalized spacial score (nSPS) is 17.6. The number of carbonyl (C=O) groups excluding carboxylic acids is 3. The van der Waals surface area contributed by atoms with Crippen LogP contribution in [0.3, 0.4) is 0 Å². The van der Waals surface area contributed by atoms with Crippen molar-refractivity contribution in [3.8, 4) is 0 Å². The van der Waals surface area contributed by atoms with Gasteiger partial charge >= 0.3 is 0 Å². The number of carbonyl (C=O) groups is 3. The van der Waals surface area contributed by atoms with Gasteiger partial charge < -0.3 is 10.2 Å². The van der Waals surface area contributed by atoms with Gasteiger partial charge in [-0.2, -0.15) is 0 Å². The van der Waals surface area contributed by atoms with Crippen LogP contribution in [-0.4, -0.2) is 54.0 Å². The van der Waals surface area contributed by atoms with E-state index in [0.717, 1.165) is 35.6 Å². The highest BCUT2D eigenvalue weighted by atomic mass is 32.2. The summed E-state index contributed by atoms with van der Waals surface area (Å²) in [5, 5.41) is 3.11. The topological polar surface area (TPSA) is 104 Å². The Morgan fingerprint density at radius 3 is 2.39 bits per heavy atom. The van der Waals surface area contributed by atoms with Gasteiger partial charge in [0.1, 0.15) is 10.9 Å². The van der Waals surface area contributed by atoms with E-state index in [-0.39, 0.29) is 54.2 Å².